The lowest BCUT2D eigenvalue weighted by molar-refractivity contribution is -0.0518. The smallest absolute Gasteiger partial charge is 0.211 e. The SMILES string of the molecule is CC(C)(C)OC1CCN(S(C)(=O)=O)C1. The van der Waals surface area contributed by atoms with Crippen molar-refractivity contribution >= 4 is 10.0 Å². The van der Waals surface area contributed by atoms with Crippen molar-refractivity contribution in [2.24, 2.45) is 0 Å². The summed E-state index contributed by atoms with van der Waals surface area (Å²) in [5.41, 5.74) is -0.196. The third kappa shape index (κ3) is 3.55. The summed E-state index contributed by atoms with van der Waals surface area (Å²) >= 11 is 0. The Kier molecular flexibility index (Phi) is 3.23. The highest BCUT2D eigenvalue weighted by atomic mass is 32.2. The van der Waals surface area contributed by atoms with E-state index in [1.165, 1.54) is 10.6 Å². The van der Waals surface area contributed by atoms with Gasteiger partial charge in [-0.05, 0) is 27.2 Å². The van der Waals surface area contributed by atoms with E-state index in [0.717, 1.165) is 6.42 Å². The van der Waals surface area contributed by atoms with Crippen LogP contribution in [0.4, 0.5) is 0 Å². The zero-order valence-corrected chi connectivity index (χ0v) is 10.1. The van der Waals surface area contributed by atoms with Gasteiger partial charge in [0.1, 0.15) is 0 Å². The van der Waals surface area contributed by atoms with Gasteiger partial charge in [-0.2, -0.15) is 4.31 Å². The second kappa shape index (κ2) is 3.79. The van der Waals surface area contributed by atoms with Gasteiger partial charge in [-0.15, -0.1) is 0 Å². The maximum Gasteiger partial charge on any atom is 0.211 e. The Morgan fingerprint density at radius 3 is 2.29 bits per heavy atom. The van der Waals surface area contributed by atoms with Crippen LogP contribution in [0.2, 0.25) is 0 Å². The molecule has 0 aromatic heterocycles. The molecule has 84 valence electrons. The third-order valence-electron chi connectivity index (χ3n) is 2.10. The predicted octanol–water partition coefficient (Wildman–Crippen LogP) is 0.835. The van der Waals surface area contributed by atoms with Gasteiger partial charge in [-0.25, -0.2) is 8.42 Å². The second-order valence-electron chi connectivity index (χ2n) is 4.76. The summed E-state index contributed by atoms with van der Waals surface area (Å²) in [5, 5.41) is 0. The molecule has 0 aliphatic carbocycles. The fraction of sp³-hybridized carbons (Fsp3) is 1.00. The predicted molar refractivity (Wildman–Crippen MR) is 55.7 cm³/mol. The molecule has 0 saturated carbocycles. The van der Waals surface area contributed by atoms with Crippen molar-refractivity contribution in [1.29, 1.82) is 0 Å². The molecule has 1 saturated heterocycles. The minimum absolute atomic E-state index is 0.0460. The minimum atomic E-state index is -3.04. The highest BCUT2D eigenvalue weighted by Crippen LogP contribution is 2.20. The first kappa shape index (κ1) is 11.9. The Labute approximate surface area is 86.3 Å². The molecule has 0 aromatic carbocycles. The van der Waals surface area contributed by atoms with Gasteiger partial charge in [0.25, 0.3) is 0 Å². The molecule has 1 unspecified atom stereocenters. The second-order valence-corrected chi connectivity index (χ2v) is 6.74. The summed E-state index contributed by atoms with van der Waals surface area (Å²) in [6.07, 6.45) is 2.08. The van der Waals surface area contributed by atoms with Gasteiger partial charge in [-0.1, -0.05) is 0 Å². The average molecular weight is 221 g/mol. The Hall–Kier alpha value is -0.130. The van der Waals surface area contributed by atoms with Gasteiger partial charge < -0.3 is 4.74 Å². The molecule has 1 atom stereocenters. The Morgan fingerprint density at radius 2 is 1.93 bits per heavy atom. The molecule has 4 nitrogen and oxygen atoms in total. The zero-order valence-electron chi connectivity index (χ0n) is 9.28. The van der Waals surface area contributed by atoms with E-state index in [1.807, 2.05) is 20.8 Å². The van der Waals surface area contributed by atoms with Crippen molar-refractivity contribution in [3.8, 4) is 0 Å². The zero-order chi connectivity index (χ0) is 11.0. The molecular weight excluding hydrogens is 202 g/mol. The first-order valence-electron chi connectivity index (χ1n) is 4.81. The molecule has 1 fully saturated rings. The lowest BCUT2D eigenvalue weighted by Crippen LogP contribution is -2.32. The number of hydrogen-bond donors (Lipinski definition) is 0. The van der Waals surface area contributed by atoms with Gasteiger partial charge in [0.15, 0.2) is 0 Å². The third-order valence-corrected chi connectivity index (χ3v) is 3.37. The molecule has 1 rings (SSSR count). The van der Waals surface area contributed by atoms with E-state index in [4.69, 9.17) is 4.74 Å². The number of hydrogen-bond acceptors (Lipinski definition) is 3. The molecule has 0 spiro atoms. The van der Waals surface area contributed by atoms with Crippen LogP contribution in [0.3, 0.4) is 0 Å². The molecule has 1 heterocycles. The lowest BCUT2D eigenvalue weighted by atomic mass is 10.2. The molecule has 1 aliphatic rings. The Bertz CT molecular complexity index is 292. The number of rotatable bonds is 2. The van der Waals surface area contributed by atoms with Crippen LogP contribution >= 0.6 is 0 Å². The number of nitrogens with zero attached hydrogens (tertiary/aromatic N) is 1. The average Bonchev–Trinajstić information content (AvgIpc) is 2.29. The molecule has 0 aromatic rings. The van der Waals surface area contributed by atoms with E-state index in [0.29, 0.717) is 13.1 Å². The van der Waals surface area contributed by atoms with E-state index >= 15 is 0 Å². The summed E-state index contributed by atoms with van der Waals surface area (Å²) in [7, 11) is -3.04. The topological polar surface area (TPSA) is 46.6 Å². The van der Waals surface area contributed by atoms with Crippen molar-refractivity contribution < 1.29 is 13.2 Å². The van der Waals surface area contributed by atoms with Crippen LogP contribution in [0.1, 0.15) is 27.2 Å². The summed E-state index contributed by atoms with van der Waals surface area (Å²) < 4.78 is 29.6. The van der Waals surface area contributed by atoms with E-state index < -0.39 is 10.0 Å². The fourth-order valence-corrected chi connectivity index (χ4v) is 2.47. The van der Waals surface area contributed by atoms with Gasteiger partial charge >= 0.3 is 0 Å². The van der Waals surface area contributed by atoms with Crippen LogP contribution < -0.4 is 0 Å². The van der Waals surface area contributed by atoms with E-state index in [1.54, 1.807) is 0 Å². The summed E-state index contributed by atoms with van der Waals surface area (Å²) in [4.78, 5) is 0. The highest BCUT2D eigenvalue weighted by molar-refractivity contribution is 7.88. The van der Waals surface area contributed by atoms with Crippen LogP contribution in [-0.4, -0.2) is 43.8 Å². The van der Waals surface area contributed by atoms with E-state index in [9.17, 15) is 8.42 Å². The van der Waals surface area contributed by atoms with Gasteiger partial charge in [0, 0.05) is 13.1 Å². The van der Waals surface area contributed by atoms with Crippen molar-refractivity contribution in [3.63, 3.8) is 0 Å². The first-order valence-corrected chi connectivity index (χ1v) is 6.66. The summed E-state index contributed by atoms with van der Waals surface area (Å²) in [6.45, 7) is 7.03. The maximum absolute atomic E-state index is 11.2. The van der Waals surface area contributed by atoms with Crippen molar-refractivity contribution in [2.45, 2.75) is 38.9 Å². The van der Waals surface area contributed by atoms with Crippen molar-refractivity contribution in [3.05, 3.63) is 0 Å². The molecule has 5 heteroatoms. The maximum atomic E-state index is 11.2. The number of ether oxygens (including phenoxy) is 1. The standard InChI is InChI=1S/C9H19NO3S/c1-9(2,3)13-8-5-6-10(7-8)14(4,11)12/h8H,5-7H2,1-4H3. The molecule has 0 bridgehead atoms. The van der Waals surface area contributed by atoms with Crippen molar-refractivity contribution in [2.75, 3.05) is 19.3 Å². The van der Waals surface area contributed by atoms with Crippen LogP contribution in [0, 0.1) is 0 Å². The quantitative estimate of drug-likeness (QED) is 0.694. The van der Waals surface area contributed by atoms with E-state index in [2.05, 4.69) is 0 Å². The fourth-order valence-electron chi connectivity index (χ4n) is 1.60. The van der Waals surface area contributed by atoms with Gasteiger partial charge in [0.2, 0.25) is 10.0 Å². The van der Waals surface area contributed by atoms with Crippen molar-refractivity contribution in [1.82, 2.24) is 4.31 Å². The number of sulfonamides is 1. The van der Waals surface area contributed by atoms with Crippen LogP contribution in [0.15, 0.2) is 0 Å². The molecular formula is C9H19NO3S. The molecule has 14 heavy (non-hydrogen) atoms. The van der Waals surface area contributed by atoms with Crippen LogP contribution in [0.25, 0.3) is 0 Å². The Morgan fingerprint density at radius 1 is 1.36 bits per heavy atom. The molecule has 0 radical (unpaired) electrons. The first-order chi connectivity index (χ1) is 6.18. The van der Waals surface area contributed by atoms with E-state index in [-0.39, 0.29) is 11.7 Å². The normalized spacial score (nSPS) is 25.6. The minimum Gasteiger partial charge on any atom is -0.371 e. The monoisotopic (exact) mass is 221 g/mol. The molecule has 1 aliphatic heterocycles. The highest BCUT2D eigenvalue weighted by Gasteiger charge is 2.31. The largest absolute Gasteiger partial charge is 0.371 e. The van der Waals surface area contributed by atoms with Gasteiger partial charge in [-0.3, -0.25) is 0 Å². The lowest BCUT2D eigenvalue weighted by Gasteiger charge is -2.24. The Balaban J connectivity index is 2.51. The molecule has 0 amide bonds. The summed E-state index contributed by atoms with van der Waals surface area (Å²) in [5.74, 6) is 0. The van der Waals surface area contributed by atoms with Crippen LogP contribution in [0.5, 0.6) is 0 Å². The molecule has 0 N–H and O–H groups in total. The van der Waals surface area contributed by atoms with Crippen LogP contribution in [-0.2, 0) is 14.8 Å². The summed E-state index contributed by atoms with van der Waals surface area (Å²) in [6, 6.07) is 0. The van der Waals surface area contributed by atoms with Gasteiger partial charge in [0.05, 0.1) is 18.0 Å².